The Labute approximate surface area is 74.5 Å². The molecule has 0 saturated carbocycles. The lowest BCUT2D eigenvalue weighted by Gasteiger charge is -2.27. The van der Waals surface area contributed by atoms with Crippen LogP contribution in [0.15, 0.2) is 24.1 Å². The first-order valence-electron chi connectivity index (χ1n) is 4.56. The summed E-state index contributed by atoms with van der Waals surface area (Å²) >= 11 is 0. The third-order valence-corrected chi connectivity index (χ3v) is 2.03. The van der Waals surface area contributed by atoms with Crippen LogP contribution in [0.1, 0.15) is 20.8 Å². The van der Waals surface area contributed by atoms with Gasteiger partial charge in [-0.25, -0.2) is 0 Å². The van der Waals surface area contributed by atoms with Crippen LogP contribution in [0.2, 0.25) is 0 Å². The highest BCUT2D eigenvalue weighted by Crippen LogP contribution is 2.13. The van der Waals surface area contributed by atoms with Crippen LogP contribution in [-0.4, -0.2) is 24.1 Å². The second-order valence-corrected chi connectivity index (χ2v) is 2.89. The van der Waals surface area contributed by atoms with E-state index in [1.165, 1.54) is 0 Å². The van der Waals surface area contributed by atoms with Gasteiger partial charge in [-0.05, 0) is 26.8 Å². The molecule has 0 aromatic heterocycles. The molecule has 1 unspecified atom stereocenters. The van der Waals surface area contributed by atoms with Gasteiger partial charge in [-0.15, -0.1) is 0 Å². The molecule has 0 bridgehead atoms. The standard InChI is InChI=1S/C10H17NO/c1-4-11-8-10(12-5-2)7-6-9(11)3/h6-9H,4-5H2,1-3H3. The summed E-state index contributed by atoms with van der Waals surface area (Å²) in [5, 5.41) is 0. The van der Waals surface area contributed by atoms with Gasteiger partial charge < -0.3 is 9.64 Å². The molecule has 0 aromatic carbocycles. The van der Waals surface area contributed by atoms with E-state index in [1.54, 1.807) is 0 Å². The van der Waals surface area contributed by atoms with Crippen LogP contribution in [0.4, 0.5) is 0 Å². The number of ether oxygens (including phenoxy) is 1. The molecule has 0 aliphatic carbocycles. The number of allylic oxidation sites excluding steroid dienone is 1. The topological polar surface area (TPSA) is 12.5 Å². The van der Waals surface area contributed by atoms with E-state index in [2.05, 4.69) is 31.0 Å². The smallest absolute Gasteiger partial charge is 0.134 e. The summed E-state index contributed by atoms with van der Waals surface area (Å²) in [7, 11) is 0. The molecule has 2 heteroatoms. The zero-order chi connectivity index (χ0) is 8.97. The van der Waals surface area contributed by atoms with E-state index in [1.807, 2.05) is 13.0 Å². The minimum Gasteiger partial charge on any atom is -0.492 e. The fourth-order valence-corrected chi connectivity index (χ4v) is 1.30. The quantitative estimate of drug-likeness (QED) is 0.638. The highest BCUT2D eigenvalue weighted by Gasteiger charge is 2.10. The van der Waals surface area contributed by atoms with Crippen LogP contribution in [0.3, 0.4) is 0 Å². The monoisotopic (exact) mass is 167 g/mol. The predicted octanol–water partition coefficient (Wildman–Crippen LogP) is 2.14. The molecule has 0 N–H and O–H groups in total. The zero-order valence-electron chi connectivity index (χ0n) is 8.08. The molecule has 12 heavy (non-hydrogen) atoms. The molecule has 0 aromatic rings. The van der Waals surface area contributed by atoms with Gasteiger partial charge in [-0.2, -0.15) is 0 Å². The van der Waals surface area contributed by atoms with Gasteiger partial charge in [-0.3, -0.25) is 0 Å². The van der Waals surface area contributed by atoms with Crippen molar-refractivity contribution in [1.82, 2.24) is 4.90 Å². The summed E-state index contributed by atoms with van der Waals surface area (Å²) in [4.78, 5) is 2.25. The molecule has 1 atom stereocenters. The van der Waals surface area contributed by atoms with Crippen molar-refractivity contribution in [3.8, 4) is 0 Å². The van der Waals surface area contributed by atoms with E-state index in [9.17, 15) is 0 Å². The SMILES string of the molecule is CCOC1=CN(CC)C(C)C=C1. The van der Waals surface area contributed by atoms with Crippen molar-refractivity contribution < 1.29 is 4.74 Å². The van der Waals surface area contributed by atoms with E-state index in [-0.39, 0.29) is 0 Å². The fourth-order valence-electron chi connectivity index (χ4n) is 1.30. The lowest BCUT2D eigenvalue weighted by molar-refractivity contribution is 0.221. The van der Waals surface area contributed by atoms with Crippen molar-refractivity contribution in [3.63, 3.8) is 0 Å². The second-order valence-electron chi connectivity index (χ2n) is 2.89. The average Bonchev–Trinajstić information content (AvgIpc) is 2.09. The average molecular weight is 167 g/mol. The number of hydrogen-bond acceptors (Lipinski definition) is 2. The van der Waals surface area contributed by atoms with Crippen LogP contribution < -0.4 is 0 Å². The van der Waals surface area contributed by atoms with Gasteiger partial charge >= 0.3 is 0 Å². The van der Waals surface area contributed by atoms with Crippen LogP contribution in [0.25, 0.3) is 0 Å². The van der Waals surface area contributed by atoms with E-state index in [0.29, 0.717) is 6.04 Å². The Morgan fingerprint density at radius 3 is 2.83 bits per heavy atom. The number of hydrogen-bond donors (Lipinski definition) is 0. The van der Waals surface area contributed by atoms with Gasteiger partial charge in [0.15, 0.2) is 0 Å². The zero-order valence-corrected chi connectivity index (χ0v) is 8.08. The normalized spacial score (nSPS) is 22.4. The Morgan fingerprint density at radius 2 is 2.25 bits per heavy atom. The molecule has 0 saturated heterocycles. The van der Waals surface area contributed by atoms with E-state index < -0.39 is 0 Å². The Kier molecular flexibility index (Phi) is 3.20. The molecule has 0 fully saturated rings. The molecule has 2 nitrogen and oxygen atoms in total. The Bertz CT molecular complexity index is 196. The van der Waals surface area contributed by atoms with E-state index >= 15 is 0 Å². The lowest BCUT2D eigenvalue weighted by Crippen LogP contribution is -2.28. The van der Waals surface area contributed by atoms with Gasteiger partial charge in [0.2, 0.25) is 0 Å². The summed E-state index contributed by atoms with van der Waals surface area (Å²) < 4.78 is 5.40. The van der Waals surface area contributed by atoms with Gasteiger partial charge in [0, 0.05) is 18.8 Å². The predicted molar refractivity (Wildman–Crippen MR) is 50.7 cm³/mol. The largest absolute Gasteiger partial charge is 0.492 e. The number of rotatable bonds is 3. The van der Waals surface area contributed by atoms with Crippen molar-refractivity contribution in [2.24, 2.45) is 0 Å². The molecular formula is C10H17NO. The highest BCUT2D eigenvalue weighted by atomic mass is 16.5. The lowest BCUT2D eigenvalue weighted by atomic mass is 10.2. The van der Waals surface area contributed by atoms with Crippen molar-refractivity contribution >= 4 is 0 Å². The Balaban J connectivity index is 2.60. The van der Waals surface area contributed by atoms with Crippen molar-refractivity contribution in [3.05, 3.63) is 24.1 Å². The van der Waals surface area contributed by atoms with E-state index in [0.717, 1.165) is 18.9 Å². The molecule has 1 heterocycles. The van der Waals surface area contributed by atoms with Gasteiger partial charge in [0.05, 0.1) is 6.61 Å². The van der Waals surface area contributed by atoms with Crippen molar-refractivity contribution in [1.29, 1.82) is 0 Å². The third kappa shape index (κ3) is 2.03. The minimum absolute atomic E-state index is 0.499. The maximum absolute atomic E-state index is 5.40. The molecule has 1 aliphatic heterocycles. The van der Waals surface area contributed by atoms with Crippen LogP contribution >= 0.6 is 0 Å². The van der Waals surface area contributed by atoms with Crippen LogP contribution in [0.5, 0.6) is 0 Å². The molecule has 0 amide bonds. The molecule has 1 rings (SSSR count). The first-order chi connectivity index (χ1) is 5.77. The fraction of sp³-hybridized carbons (Fsp3) is 0.600. The van der Waals surface area contributed by atoms with Gasteiger partial charge in [-0.1, -0.05) is 6.08 Å². The third-order valence-electron chi connectivity index (χ3n) is 2.03. The Morgan fingerprint density at radius 1 is 1.50 bits per heavy atom. The van der Waals surface area contributed by atoms with Crippen LogP contribution in [-0.2, 0) is 4.74 Å². The molecular weight excluding hydrogens is 150 g/mol. The van der Waals surface area contributed by atoms with Crippen molar-refractivity contribution in [2.45, 2.75) is 26.8 Å². The highest BCUT2D eigenvalue weighted by molar-refractivity contribution is 5.18. The van der Waals surface area contributed by atoms with Gasteiger partial charge in [0.25, 0.3) is 0 Å². The minimum atomic E-state index is 0.499. The first kappa shape index (κ1) is 9.17. The second kappa shape index (κ2) is 4.19. The molecule has 68 valence electrons. The summed E-state index contributed by atoms with van der Waals surface area (Å²) in [6.07, 6.45) is 6.28. The maximum Gasteiger partial charge on any atom is 0.134 e. The van der Waals surface area contributed by atoms with Crippen LogP contribution in [0, 0.1) is 0 Å². The summed E-state index contributed by atoms with van der Waals surface area (Å²) in [6.45, 7) is 8.10. The van der Waals surface area contributed by atoms with Crippen molar-refractivity contribution in [2.75, 3.05) is 13.2 Å². The summed E-state index contributed by atoms with van der Waals surface area (Å²) in [5.41, 5.74) is 0. The molecule has 0 spiro atoms. The molecule has 0 radical (unpaired) electrons. The first-order valence-corrected chi connectivity index (χ1v) is 4.56. The summed E-state index contributed by atoms with van der Waals surface area (Å²) in [6, 6.07) is 0.499. The summed E-state index contributed by atoms with van der Waals surface area (Å²) in [5.74, 6) is 0.970. The Hall–Kier alpha value is -0.920. The number of likely N-dealkylation sites (N-methyl/N-ethyl adjacent to an activating group) is 1. The van der Waals surface area contributed by atoms with Gasteiger partial charge in [0.1, 0.15) is 5.76 Å². The number of nitrogens with zero attached hydrogens (tertiary/aromatic N) is 1. The van der Waals surface area contributed by atoms with E-state index in [4.69, 9.17) is 4.74 Å². The molecule has 1 aliphatic rings. The maximum atomic E-state index is 5.40.